The van der Waals surface area contributed by atoms with Crippen LogP contribution in [0.25, 0.3) is 6.08 Å². The zero-order valence-corrected chi connectivity index (χ0v) is 11.0. The van der Waals surface area contributed by atoms with Crippen LogP contribution in [0, 0.1) is 0 Å². The van der Waals surface area contributed by atoms with Crippen molar-refractivity contribution in [3.63, 3.8) is 0 Å². The lowest BCUT2D eigenvalue weighted by molar-refractivity contribution is 0.0520. The van der Waals surface area contributed by atoms with Crippen LogP contribution in [0.4, 0.5) is 0 Å². The Balaban J connectivity index is 1.89. The second-order valence-electron chi connectivity index (χ2n) is 4.89. The van der Waals surface area contributed by atoms with Crippen LogP contribution in [-0.4, -0.2) is 38.3 Å². The Bertz CT molecular complexity index is 475. The lowest BCUT2D eigenvalue weighted by atomic mass is 10.0. The van der Waals surface area contributed by atoms with Gasteiger partial charge in [-0.25, -0.2) is 0 Å². The lowest BCUT2D eigenvalue weighted by Crippen LogP contribution is -2.36. The van der Waals surface area contributed by atoms with Crippen LogP contribution in [0.2, 0.25) is 0 Å². The molecule has 0 spiro atoms. The van der Waals surface area contributed by atoms with Gasteiger partial charge in [0.25, 0.3) is 0 Å². The topological polar surface area (TPSA) is 21.7 Å². The molecule has 0 bridgehead atoms. The van der Waals surface area contributed by atoms with E-state index in [-0.39, 0.29) is 0 Å². The molecule has 3 nitrogen and oxygen atoms in total. The maximum Gasteiger partial charge on any atom is 0.119 e. The quantitative estimate of drug-likeness (QED) is 0.799. The first-order valence-electron chi connectivity index (χ1n) is 6.52. The standard InChI is InChI=1S/C15H19NO2/c1-11-14-4-3-13(17-2)9-12(14)10-15(11)16-5-7-18-8-6-16/h3-4,9-11H,5-8H2,1-2H3. The number of rotatable bonds is 2. The van der Waals surface area contributed by atoms with Crippen LogP contribution in [0.1, 0.15) is 24.0 Å². The van der Waals surface area contributed by atoms with Crippen LogP contribution in [-0.2, 0) is 4.74 Å². The minimum atomic E-state index is 0.476. The summed E-state index contributed by atoms with van der Waals surface area (Å²) in [6, 6.07) is 6.35. The molecule has 1 aromatic carbocycles. The molecule has 3 heteroatoms. The van der Waals surface area contributed by atoms with E-state index in [9.17, 15) is 0 Å². The number of hydrogen-bond acceptors (Lipinski definition) is 3. The molecular weight excluding hydrogens is 226 g/mol. The summed E-state index contributed by atoms with van der Waals surface area (Å²) in [6.07, 6.45) is 2.30. The molecule has 0 N–H and O–H groups in total. The molecule has 1 aromatic rings. The number of morpholine rings is 1. The summed E-state index contributed by atoms with van der Waals surface area (Å²) < 4.78 is 10.7. The van der Waals surface area contributed by atoms with E-state index in [1.54, 1.807) is 7.11 Å². The Hall–Kier alpha value is -1.48. The molecule has 3 rings (SSSR count). The largest absolute Gasteiger partial charge is 0.497 e. The Morgan fingerprint density at radius 2 is 2.06 bits per heavy atom. The van der Waals surface area contributed by atoms with Crippen molar-refractivity contribution in [2.45, 2.75) is 12.8 Å². The van der Waals surface area contributed by atoms with Crippen LogP contribution >= 0.6 is 0 Å². The molecule has 1 aliphatic heterocycles. The Labute approximate surface area is 108 Å². The van der Waals surface area contributed by atoms with Gasteiger partial charge in [0, 0.05) is 24.7 Å². The first-order chi connectivity index (χ1) is 8.79. The molecule has 96 valence electrons. The molecule has 0 aromatic heterocycles. The molecule has 0 saturated carbocycles. The van der Waals surface area contributed by atoms with Crippen molar-refractivity contribution in [2.75, 3.05) is 33.4 Å². The zero-order chi connectivity index (χ0) is 12.5. The van der Waals surface area contributed by atoms with Gasteiger partial charge in [-0.15, -0.1) is 0 Å². The number of allylic oxidation sites excluding steroid dienone is 1. The van der Waals surface area contributed by atoms with E-state index >= 15 is 0 Å². The van der Waals surface area contributed by atoms with Gasteiger partial charge in [0.1, 0.15) is 5.75 Å². The van der Waals surface area contributed by atoms with Crippen molar-refractivity contribution in [1.29, 1.82) is 0 Å². The average Bonchev–Trinajstić information content (AvgIpc) is 2.76. The van der Waals surface area contributed by atoms with Crippen molar-refractivity contribution < 1.29 is 9.47 Å². The van der Waals surface area contributed by atoms with Crippen LogP contribution in [0.15, 0.2) is 23.9 Å². The number of nitrogens with zero attached hydrogens (tertiary/aromatic N) is 1. The summed E-state index contributed by atoms with van der Waals surface area (Å²) in [5, 5.41) is 0. The monoisotopic (exact) mass is 245 g/mol. The van der Waals surface area contributed by atoms with Gasteiger partial charge in [-0.1, -0.05) is 13.0 Å². The molecular formula is C15H19NO2. The second-order valence-corrected chi connectivity index (χ2v) is 4.89. The summed E-state index contributed by atoms with van der Waals surface area (Å²) in [4.78, 5) is 2.45. The van der Waals surface area contributed by atoms with Gasteiger partial charge in [-0.2, -0.15) is 0 Å². The third kappa shape index (κ3) is 1.89. The highest BCUT2D eigenvalue weighted by Crippen LogP contribution is 2.39. The summed E-state index contributed by atoms with van der Waals surface area (Å²) in [7, 11) is 1.71. The number of benzene rings is 1. The third-order valence-electron chi connectivity index (χ3n) is 3.88. The van der Waals surface area contributed by atoms with E-state index < -0.39 is 0 Å². The third-order valence-corrected chi connectivity index (χ3v) is 3.88. The van der Waals surface area contributed by atoms with E-state index in [1.165, 1.54) is 16.8 Å². The molecule has 1 fully saturated rings. The van der Waals surface area contributed by atoms with Crippen molar-refractivity contribution in [2.24, 2.45) is 0 Å². The van der Waals surface area contributed by atoms with Crippen LogP contribution in [0.5, 0.6) is 5.75 Å². The summed E-state index contributed by atoms with van der Waals surface area (Å²) >= 11 is 0. The maximum absolute atomic E-state index is 5.42. The Morgan fingerprint density at radius 3 is 2.78 bits per heavy atom. The van der Waals surface area contributed by atoms with Gasteiger partial charge in [0.2, 0.25) is 0 Å². The molecule has 2 aliphatic rings. The van der Waals surface area contributed by atoms with Gasteiger partial charge in [-0.3, -0.25) is 0 Å². The van der Waals surface area contributed by atoms with Gasteiger partial charge < -0.3 is 14.4 Å². The average molecular weight is 245 g/mol. The van der Waals surface area contributed by atoms with Crippen molar-refractivity contribution in [1.82, 2.24) is 4.90 Å². The second kappa shape index (κ2) is 4.65. The highest BCUT2D eigenvalue weighted by molar-refractivity contribution is 5.67. The van der Waals surface area contributed by atoms with Gasteiger partial charge in [0.05, 0.1) is 20.3 Å². The number of ether oxygens (including phenoxy) is 2. The van der Waals surface area contributed by atoms with Crippen molar-refractivity contribution >= 4 is 6.08 Å². The number of hydrogen-bond donors (Lipinski definition) is 0. The molecule has 1 heterocycles. The zero-order valence-electron chi connectivity index (χ0n) is 11.0. The van der Waals surface area contributed by atoms with Crippen LogP contribution < -0.4 is 4.74 Å². The molecule has 1 aliphatic carbocycles. The SMILES string of the molecule is COc1ccc2c(c1)C=C(N1CCOCC1)C2C. The fraction of sp³-hybridized carbons (Fsp3) is 0.467. The van der Waals surface area contributed by atoms with E-state index in [0.717, 1.165) is 32.1 Å². The Morgan fingerprint density at radius 1 is 1.28 bits per heavy atom. The maximum atomic E-state index is 5.42. The van der Waals surface area contributed by atoms with Gasteiger partial charge >= 0.3 is 0 Å². The van der Waals surface area contributed by atoms with Crippen LogP contribution in [0.3, 0.4) is 0 Å². The highest BCUT2D eigenvalue weighted by atomic mass is 16.5. The minimum absolute atomic E-state index is 0.476. The van der Waals surface area contributed by atoms with Crippen molar-refractivity contribution in [3.8, 4) is 5.75 Å². The van der Waals surface area contributed by atoms with Crippen molar-refractivity contribution in [3.05, 3.63) is 35.0 Å². The number of methoxy groups -OCH3 is 1. The van der Waals surface area contributed by atoms with E-state index in [2.05, 4.69) is 30.0 Å². The van der Waals surface area contributed by atoms with Gasteiger partial charge in [0.15, 0.2) is 0 Å². The highest BCUT2D eigenvalue weighted by Gasteiger charge is 2.26. The number of fused-ring (bicyclic) bond motifs is 1. The first-order valence-corrected chi connectivity index (χ1v) is 6.52. The van der Waals surface area contributed by atoms with E-state index in [4.69, 9.17) is 9.47 Å². The lowest BCUT2D eigenvalue weighted by Gasteiger charge is -2.32. The molecule has 1 saturated heterocycles. The summed E-state index contributed by atoms with van der Waals surface area (Å²) in [5.74, 6) is 1.41. The minimum Gasteiger partial charge on any atom is -0.497 e. The van der Waals surface area contributed by atoms with Gasteiger partial charge in [-0.05, 0) is 29.3 Å². The summed E-state index contributed by atoms with van der Waals surface area (Å²) in [5.41, 5.74) is 4.11. The summed E-state index contributed by atoms with van der Waals surface area (Å²) in [6.45, 7) is 5.95. The fourth-order valence-electron chi connectivity index (χ4n) is 2.83. The van der Waals surface area contributed by atoms with E-state index in [1.807, 2.05) is 6.07 Å². The first kappa shape index (κ1) is 11.6. The predicted octanol–water partition coefficient (Wildman–Crippen LogP) is 2.49. The predicted molar refractivity (Wildman–Crippen MR) is 71.8 cm³/mol. The Kier molecular flexibility index (Phi) is 3.00. The van der Waals surface area contributed by atoms with E-state index in [0.29, 0.717) is 5.92 Å². The normalized spacial score (nSPS) is 22.7. The molecule has 0 radical (unpaired) electrons. The molecule has 0 amide bonds. The molecule has 1 unspecified atom stereocenters. The molecule has 18 heavy (non-hydrogen) atoms. The fourth-order valence-corrected chi connectivity index (χ4v) is 2.83. The molecule has 1 atom stereocenters. The smallest absolute Gasteiger partial charge is 0.119 e.